The Morgan fingerprint density at radius 2 is 1.18 bits per heavy atom. The standard InChI is InChI=1S/C26H14N2O6S5/c1-27-13(23(29)38-25(27)31)7-11-3-5-15(33-11)17-9-19-21(36-17)22-20(35-19)10-18(37-22)16-6-4-12(34-16)8-14-24(30)39-26(32)28(14)2/h3-10H,1-2H3/b13-7-,14-8-/i1D3,2D3,7D,8D. The number of nitrogens with zero attached hydrogens (tertiary/aromatic N) is 2. The number of carbonyl (C=O) groups is 4. The van der Waals surface area contributed by atoms with E-state index in [9.17, 15) is 19.2 Å². The fourth-order valence-electron chi connectivity index (χ4n) is 3.81. The summed E-state index contributed by atoms with van der Waals surface area (Å²) >= 11 is 4.75. The second-order valence-electron chi connectivity index (χ2n) is 7.97. The average Bonchev–Trinajstić information content (AvgIpc) is 3.79. The molecule has 0 radical (unpaired) electrons. The summed E-state index contributed by atoms with van der Waals surface area (Å²) in [6, 6.07) is 8.84. The summed E-state index contributed by atoms with van der Waals surface area (Å²) in [6.45, 7) is -5.88. The molecule has 8 nitrogen and oxygen atoms in total. The minimum atomic E-state index is -2.94. The Hall–Kier alpha value is -3.36. The number of hydrogen-bond acceptors (Lipinski definition) is 11. The zero-order valence-corrected chi connectivity index (χ0v) is 22.9. The molecule has 2 saturated heterocycles. The Labute approximate surface area is 251 Å². The highest BCUT2D eigenvalue weighted by molar-refractivity contribution is 8.27. The number of amides is 2. The molecule has 2 aliphatic heterocycles. The lowest BCUT2D eigenvalue weighted by atomic mass is 10.3. The molecule has 7 heterocycles. The highest BCUT2D eigenvalue weighted by atomic mass is 32.2. The first-order valence-corrected chi connectivity index (χ1v) is 14.8. The SMILES string of the molecule is [2H]/C(=C1\C(=O)SC(=O)N1C([2H])([2H])[2H])c1ccc(-c2cc3sc4cc(-c5ccc(/C([2H])=C6/C(=O)SC(=O)N6C([2H])([2H])[2H])o5)sc4c3s2)o1. The lowest BCUT2D eigenvalue weighted by Gasteiger charge is -2.06. The number of thioether (sulfide) groups is 2. The third-order valence-electron chi connectivity index (χ3n) is 5.56. The van der Waals surface area contributed by atoms with Gasteiger partial charge in [0.15, 0.2) is 0 Å². The van der Waals surface area contributed by atoms with Gasteiger partial charge in [0.25, 0.3) is 10.5 Å². The van der Waals surface area contributed by atoms with Crippen LogP contribution in [0.2, 0.25) is 0 Å². The summed E-state index contributed by atoms with van der Waals surface area (Å²) in [4.78, 5) is 51.1. The molecule has 0 atom stereocenters. The van der Waals surface area contributed by atoms with E-state index in [1.165, 1.54) is 46.1 Å². The summed E-state index contributed by atoms with van der Waals surface area (Å²) in [5, 5.41) is -3.66. The third-order valence-corrected chi connectivity index (χ3v) is 10.8. The Balaban J connectivity index is 1.19. The van der Waals surface area contributed by atoms with Gasteiger partial charge >= 0.3 is 0 Å². The molecular weight excluding hydrogens is 597 g/mol. The molecule has 2 aliphatic rings. The van der Waals surface area contributed by atoms with E-state index in [4.69, 9.17) is 19.8 Å². The van der Waals surface area contributed by atoms with Crippen molar-refractivity contribution in [3.05, 3.63) is 59.3 Å². The molecule has 0 aliphatic carbocycles. The van der Waals surface area contributed by atoms with Crippen LogP contribution in [0, 0.1) is 0 Å². The van der Waals surface area contributed by atoms with Crippen LogP contribution < -0.4 is 0 Å². The molecule has 39 heavy (non-hydrogen) atoms. The van der Waals surface area contributed by atoms with Crippen LogP contribution in [-0.4, -0.2) is 44.5 Å². The quantitative estimate of drug-likeness (QED) is 0.187. The number of rotatable bonds is 4. The van der Waals surface area contributed by atoms with Crippen molar-refractivity contribution in [1.29, 1.82) is 0 Å². The van der Waals surface area contributed by atoms with Gasteiger partial charge in [-0.1, -0.05) is 0 Å². The minimum Gasteiger partial charge on any atom is -0.456 e. The fraction of sp³-hybridized carbons (Fsp3) is 0.0769. The normalized spacial score (nSPS) is 22.7. The van der Waals surface area contributed by atoms with E-state index in [0.29, 0.717) is 31.1 Å². The molecule has 5 aromatic rings. The van der Waals surface area contributed by atoms with Gasteiger partial charge in [0.1, 0.15) is 34.4 Å². The number of fused-ring (bicyclic) bond motifs is 3. The second kappa shape index (κ2) is 9.10. The van der Waals surface area contributed by atoms with Crippen LogP contribution in [0.5, 0.6) is 0 Å². The Kier molecular flexibility index (Phi) is 4.05. The van der Waals surface area contributed by atoms with Gasteiger partial charge in [0, 0.05) is 67.2 Å². The number of carbonyl (C=O) groups excluding carboxylic acids is 4. The summed E-state index contributed by atoms with van der Waals surface area (Å²) < 4.78 is 78.0. The van der Waals surface area contributed by atoms with Gasteiger partial charge in [-0.3, -0.25) is 19.2 Å². The number of likely N-dealkylation sites (N-methyl/N-ethyl adjacent to an activating group) is 2. The van der Waals surface area contributed by atoms with Crippen LogP contribution >= 0.6 is 57.5 Å². The number of thiophene rings is 3. The number of hydrogen-bond donors (Lipinski definition) is 0. The van der Waals surface area contributed by atoms with Crippen molar-refractivity contribution in [2.24, 2.45) is 0 Å². The van der Waals surface area contributed by atoms with Gasteiger partial charge in [-0.25, -0.2) is 0 Å². The van der Waals surface area contributed by atoms with Crippen molar-refractivity contribution in [2.45, 2.75) is 0 Å². The Morgan fingerprint density at radius 3 is 1.62 bits per heavy atom. The highest BCUT2D eigenvalue weighted by Gasteiger charge is 2.33. The maximum absolute atomic E-state index is 12.4. The van der Waals surface area contributed by atoms with Gasteiger partial charge in [-0.05, 0) is 36.4 Å². The first kappa shape index (κ1) is 17.4. The van der Waals surface area contributed by atoms with Crippen molar-refractivity contribution in [3.8, 4) is 21.3 Å². The zero-order chi connectivity index (χ0) is 33.7. The molecule has 0 unspecified atom stereocenters. The lowest BCUT2D eigenvalue weighted by molar-refractivity contribution is -0.109. The monoisotopic (exact) mass is 618 g/mol. The van der Waals surface area contributed by atoms with Gasteiger partial charge in [0.05, 0.1) is 21.9 Å². The highest BCUT2D eigenvalue weighted by Crippen LogP contribution is 2.48. The van der Waals surface area contributed by atoms with Crippen LogP contribution in [0.1, 0.15) is 22.5 Å². The predicted octanol–water partition coefficient (Wildman–Crippen LogP) is 8.03. The smallest absolute Gasteiger partial charge is 0.293 e. The van der Waals surface area contributed by atoms with Crippen molar-refractivity contribution in [3.63, 3.8) is 0 Å². The minimum absolute atomic E-state index is 0.0742. The fourth-order valence-corrected chi connectivity index (χ4v) is 8.92. The Bertz CT molecular complexity index is 2110. The predicted molar refractivity (Wildman–Crippen MR) is 158 cm³/mol. The summed E-state index contributed by atoms with van der Waals surface area (Å²) in [5.41, 5.74) is -1.12. The first-order chi connectivity index (χ1) is 22.0. The van der Waals surface area contributed by atoms with Gasteiger partial charge in [-0.15, -0.1) is 34.0 Å². The molecule has 0 spiro atoms. The van der Waals surface area contributed by atoms with Crippen LogP contribution in [0.15, 0.2) is 56.6 Å². The van der Waals surface area contributed by atoms with E-state index in [1.807, 2.05) is 12.1 Å². The molecule has 7 rings (SSSR count). The molecule has 0 aromatic carbocycles. The zero-order valence-electron chi connectivity index (χ0n) is 26.8. The van der Waals surface area contributed by atoms with E-state index in [0.717, 1.165) is 18.8 Å². The molecule has 2 fully saturated rings. The van der Waals surface area contributed by atoms with Crippen molar-refractivity contribution < 1.29 is 39.0 Å². The molecular formula is C26H14N2O6S5. The van der Waals surface area contributed by atoms with E-state index >= 15 is 0 Å². The molecule has 194 valence electrons. The maximum atomic E-state index is 12.4. The summed E-state index contributed by atoms with van der Waals surface area (Å²) in [6.07, 6.45) is 0. The molecule has 0 saturated carbocycles. The molecule has 2 amide bonds. The average molecular weight is 619 g/mol. The number of furan rings is 2. The van der Waals surface area contributed by atoms with E-state index in [-0.39, 0.29) is 35.0 Å². The third kappa shape index (κ3) is 4.12. The topological polar surface area (TPSA) is 101 Å². The van der Waals surface area contributed by atoms with E-state index in [2.05, 4.69) is 0 Å². The Morgan fingerprint density at radius 1 is 0.718 bits per heavy atom. The van der Waals surface area contributed by atoms with Crippen LogP contribution in [0.4, 0.5) is 9.59 Å². The second-order valence-corrected chi connectivity index (χ2v) is 13.0. The van der Waals surface area contributed by atoms with Gasteiger partial charge < -0.3 is 18.6 Å². The van der Waals surface area contributed by atoms with E-state index < -0.39 is 58.2 Å². The molecule has 0 N–H and O–H groups in total. The van der Waals surface area contributed by atoms with Gasteiger partial charge in [-0.2, -0.15) is 0 Å². The lowest BCUT2D eigenvalue weighted by Crippen LogP contribution is -2.15. The van der Waals surface area contributed by atoms with Crippen LogP contribution in [0.3, 0.4) is 0 Å². The van der Waals surface area contributed by atoms with Crippen LogP contribution in [-0.2, 0) is 9.59 Å². The van der Waals surface area contributed by atoms with E-state index in [1.54, 1.807) is 12.1 Å². The molecule has 0 bridgehead atoms. The van der Waals surface area contributed by atoms with Crippen LogP contribution in [0.25, 0.3) is 52.2 Å². The van der Waals surface area contributed by atoms with Crippen molar-refractivity contribution >= 4 is 109 Å². The molecule has 13 heteroatoms. The van der Waals surface area contributed by atoms with Gasteiger partial charge in [0.2, 0.25) is 10.2 Å². The van der Waals surface area contributed by atoms with Crippen molar-refractivity contribution in [1.82, 2.24) is 9.80 Å². The van der Waals surface area contributed by atoms with Crippen molar-refractivity contribution in [2.75, 3.05) is 14.0 Å². The summed E-state index contributed by atoms with van der Waals surface area (Å²) in [7, 11) is 0. The maximum Gasteiger partial charge on any atom is 0.293 e. The first-order valence-electron chi connectivity index (χ1n) is 14.7. The largest absolute Gasteiger partial charge is 0.456 e. The summed E-state index contributed by atoms with van der Waals surface area (Å²) in [5.74, 6) is 0.610. The molecule has 5 aromatic heterocycles.